The maximum atomic E-state index is 12.8. The van der Waals surface area contributed by atoms with E-state index in [9.17, 15) is 4.79 Å². The van der Waals surface area contributed by atoms with E-state index in [4.69, 9.17) is 0 Å². The number of benzene rings is 1. The molecule has 1 N–H and O–H groups in total. The number of hydrogen-bond donors (Lipinski definition) is 1. The molecule has 0 bridgehead atoms. The van der Waals surface area contributed by atoms with Crippen LogP contribution in [0.5, 0.6) is 0 Å². The van der Waals surface area contributed by atoms with Gasteiger partial charge in [0.25, 0.3) is 5.91 Å². The van der Waals surface area contributed by atoms with Crippen molar-refractivity contribution in [3.8, 4) is 0 Å². The highest BCUT2D eigenvalue weighted by atomic mass is 32.2. The van der Waals surface area contributed by atoms with Crippen LogP contribution in [0, 0.1) is 0 Å². The Morgan fingerprint density at radius 3 is 2.87 bits per heavy atom. The van der Waals surface area contributed by atoms with Crippen molar-refractivity contribution in [1.82, 2.24) is 14.6 Å². The van der Waals surface area contributed by atoms with E-state index in [1.54, 1.807) is 0 Å². The molecule has 0 saturated heterocycles. The Hall–Kier alpha value is -2.34. The summed E-state index contributed by atoms with van der Waals surface area (Å²) in [5.41, 5.74) is 4.39. The van der Waals surface area contributed by atoms with Gasteiger partial charge in [0.05, 0.1) is 0 Å². The lowest BCUT2D eigenvalue weighted by Crippen LogP contribution is -2.13. The number of carbonyl (C=O) groups excluding carboxylic acids is 1. The molecular formula is C17H16N4OS. The highest BCUT2D eigenvalue weighted by Gasteiger charge is 2.24. The molecule has 0 aliphatic heterocycles. The van der Waals surface area contributed by atoms with Crippen molar-refractivity contribution < 1.29 is 4.79 Å². The third-order valence-electron chi connectivity index (χ3n) is 4.11. The minimum atomic E-state index is -0.166. The van der Waals surface area contributed by atoms with Crippen LogP contribution in [-0.4, -0.2) is 26.8 Å². The predicted molar refractivity (Wildman–Crippen MR) is 91.2 cm³/mol. The van der Waals surface area contributed by atoms with Crippen LogP contribution in [0.25, 0.3) is 5.65 Å². The molecule has 4 rings (SSSR count). The number of aromatic nitrogens is 3. The maximum Gasteiger partial charge on any atom is 0.262 e. The van der Waals surface area contributed by atoms with Crippen molar-refractivity contribution in [2.24, 2.45) is 0 Å². The molecule has 0 radical (unpaired) electrons. The second-order valence-electron chi connectivity index (χ2n) is 5.52. The zero-order chi connectivity index (χ0) is 15.8. The van der Waals surface area contributed by atoms with Gasteiger partial charge in [-0.1, -0.05) is 18.2 Å². The molecule has 0 unspecified atom stereocenters. The van der Waals surface area contributed by atoms with Crippen LogP contribution in [0.15, 0.2) is 41.6 Å². The first kappa shape index (κ1) is 14.3. The highest BCUT2D eigenvalue weighted by molar-refractivity contribution is 7.98. The van der Waals surface area contributed by atoms with Crippen molar-refractivity contribution in [1.29, 1.82) is 0 Å². The van der Waals surface area contributed by atoms with Crippen LogP contribution in [-0.2, 0) is 12.8 Å². The predicted octanol–water partition coefficient (Wildman–Crippen LogP) is 3.19. The number of rotatable bonds is 3. The van der Waals surface area contributed by atoms with Crippen molar-refractivity contribution in [2.75, 3.05) is 11.6 Å². The molecule has 5 nitrogen and oxygen atoms in total. The molecule has 0 spiro atoms. The summed E-state index contributed by atoms with van der Waals surface area (Å²) < 4.78 is 1.86. The van der Waals surface area contributed by atoms with Crippen molar-refractivity contribution >= 4 is 29.0 Å². The Morgan fingerprint density at radius 2 is 2.09 bits per heavy atom. The summed E-state index contributed by atoms with van der Waals surface area (Å²) in [6, 6.07) is 9.45. The topological polar surface area (TPSA) is 59.3 Å². The number of nitrogens with zero attached hydrogens (tertiary/aromatic N) is 3. The quantitative estimate of drug-likeness (QED) is 0.752. The van der Waals surface area contributed by atoms with Gasteiger partial charge in [-0.15, -0.1) is 11.8 Å². The van der Waals surface area contributed by atoms with Gasteiger partial charge in [-0.05, 0) is 43.2 Å². The van der Waals surface area contributed by atoms with E-state index in [1.165, 1.54) is 23.0 Å². The number of carbonyl (C=O) groups is 1. The molecule has 3 aromatic rings. The molecule has 116 valence electrons. The molecule has 1 aliphatic carbocycles. The van der Waals surface area contributed by atoms with Gasteiger partial charge in [0.2, 0.25) is 0 Å². The molecular weight excluding hydrogens is 308 g/mol. The van der Waals surface area contributed by atoms with Gasteiger partial charge >= 0.3 is 0 Å². The Bertz CT molecular complexity index is 888. The average molecular weight is 324 g/mol. The van der Waals surface area contributed by atoms with Crippen LogP contribution >= 0.6 is 11.8 Å². The van der Waals surface area contributed by atoms with Crippen LogP contribution in [0.4, 0.5) is 5.69 Å². The van der Waals surface area contributed by atoms with E-state index >= 15 is 0 Å². The van der Waals surface area contributed by atoms with E-state index in [1.807, 2.05) is 47.3 Å². The van der Waals surface area contributed by atoms with Gasteiger partial charge in [0.15, 0.2) is 5.65 Å². The minimum Gasteiger partial charge on any atom is -0.322 e. The number of aryl methyl sites for hydroxylation is 2. The van der Waals surface area contributed by atoms with Crippen LogP contribution in [0.3, 0.4) is 0 Å². The lowest BCUT2D eigenvalue weighted by atomic mass is 10.2. The first-order valence-corrected chi connectivity index (χ1v) is 8.80. The monoisotopic (exact) mass is 324 g/mol. The largest absolute Gasteiger partial charge is 0.322 e. The Kier molecular flexibility index (Phi) is 3.53. The van der Waals surface area contributed by atoms with E-state index in [0.717, 1.165) is 24.9 Å². The fourth-order valence-corrected chi connectivity index (χ4v) is 3.58. The summed E-state index contributed by atoms with van der Waals surface area (Å²) in [4.78, 5) is 17.3. The third-order valence-corrected chi connectivity index (χ3v) is 4.78. The summed E-state index contributed by atoms with van der Waals surface area (Å²) in [5.74, 6) is -0.166. The molecule has 23 heavy (non-hydrogen) atoms. The van der Waals surface area contributed by atoms with E-state index in [2.05, 4.69) is 15.4 Å². The minimum absolute atomic E-state index is 0.166. The summed E-state index contributed by atoms with van der Waals surface area (Å²) >= 11 is 1.47. The molecule has 0 fully saturated rings. The molecule has 2 aromatic heterocycles. The third kappa shape index (κ3) is 2.39. The van der Waals surface area contributed by atoms with Gasteiger partial charge in [0.1, 0.15) is 10.6 Å². The van der Waals surface area contributed by atoms with E-state index < -0.39 is 0 Å². The van der Waals surface area contributed by atoms with Crippen LogP contribution in [0.1, 0.15) is 28.0 Å². The zero-order valence-electron chi connectivity index (χ0n) is 12.7. The molecule has 0 saturated carbocycles. The van der Waals surface area contributed by atoms with E-state index in [0.29, 0.717) is 16.2 Å². The second kappa shape index (κ2) is 5.70. The van der Waals surface area contributed by atoms with Crippen molar-refractivity contribution in [3.05, 3.63) is 53.3 Å². The molecule has 1 amide bonds. The number of amides is 1. The Balaban J connectivity index is 1.81. The molecule has 1 aromatic carbocycles. The van der Waals surface area contributed by atoms with Gasteiger partial charge in [-0.2, -0.15) is 5.10 Å². The number of anilines is 1. The van der Waals surface area contributed by atoms with Gasteiger partial charge in [-0.3, -0.25) is 4.79 Å². The first-order valence-electron chi connectivity index (χ1n) is 7.58. The summed E-state index contributed by atoms with van der Waals surface area (Å²) in [6.07, 6.45) is 6.97. The Morgan fingerprint density at radius 1 is 1.26 bits per heavy atom. The Labute approximate surface area is 138 Å². The number of thioether (sulfide) groups is 1. The van der Waals surface area contributed by atoms with E-state index in [-0.39, 0.29) is 5.91 Å². The first-order chi connectivity index (χ1) is 11.3. The standard InChI is InChI=1S/C17H16N4OS/c1-23-17-14(16(22)19-12-7-3-2-4-8-12)15-18-10-11-6-5-9-13(11)21(15)20-17/h2-4,7-8,10H,5-6,9H2,1H3,(H,19,22). The SMILES string of the molecule is CSc1nn2c3c(cnc2c1C(=O)Nc1ccccc1)CCC3. The summed E-state index contributed by atoms with van der Waals surface area (Å²) in [7, 11) is 0. The smallest absolute Gasteiger partial charge is 0.262 e. The molecule has 0 atom stereocenters. The van der Waals surface area contributed by atoms with Crippen molar-refractivity contribution in [3.63, 3.8) is 0 Å². The fourth-order valence-electron chi connectivity index (χ4n) is 3.02. The lowest BCUT2D eigenvalue weighted by Gasteiger charge is -2.05. The number of fused-ring (bicyclic) bond motifs is 3. The number of nitrogens with one attached hydrogen (secondary N) is 1. The van der Waals surface area contributed by atoms with Gasteiger partial charge in [0, 0.05) is 17.6 Å². The number of para-hydroxylation sites is 1. The normalized spacial score (nSPS) is 13.3. The molecule has 6 heteroatoms. The summed E-state index contributed by atoms with van der Waals surface area (Å²) in [6.45, 7) is 0. The number of hydrogen-bond acceptors (Lipinski definition) is 4. The van der Waals surface area contributed by atoms with Crippen molar-refractivity contribution in [2.45, 2.75) is 24.3 Å². The van der Waals surface area contributed by atoms with Gasteiger partial charge in [-0.25, -0.2) is 9.50 Å². The molecule has 2 heterocycles. The average Bonchev–Trinajstić information content (AvgIpc) is 3.19. The summed E-state index contributed by atoms with van der Waals surface area (Å²) in [5, 5.41) is 8.27. The maximum absolute atomic E-state index is 12.8. The zero-order valence-corrected chi connectivity index (χ0v) is 13.6. The van der Waals surface area contributed by atoms with Crippen LogP contribution < -0.4 is 5.32 Å². The lowest BCUT2D eigenvalue weighted by molar-refractivity contribution is 0.102. The highest BCUT2D eigenvalue weighted by Crippen LogP contribution is 2.28. The van der Waals surface area contributed by atoms with Crippen LogP contribution in [0.2, 0.25) is 0 Å². The fraction of sp³-hybridized carbons (Fsp3) is 0.235. The second-order valence-corrected chi connectivity index (χ2v) is 6.32. The van der Waals surface area contributed by atoms with Gasteiger partial charge < -0.3 is 5.32 Å². The molecule has 1 aliphatic rings.